The number of fused-ring (bicyclic) bond motifs is 1. The molecule has 0 atom stereocenters. The second-order valence-electron chi connectivity index (χ2n) is 6.94. The highest BCUT2D eigenvalue weighted by Crippen LogP contribution is 2.26. The normalized spacial score (nSPS) is 15.1. The molecular weight excluding hydrogens is 451 g/mol. The third-order valence-electron chi connectivity index (χ3n) is 4.74. The second-order valence-corrected chi connectivity index (χ2v) is 8.57. The molecule has 3 heterocycles. The number of nitrogens with zero attached hydrogens (tertiary/aromatic N) is 3. The van der Waals surface area contributed by atoms with Gasteiger partial charge in [-0.15, -0.1) is 0 Å². The first kappa shape index (κ1) is 23.5. The number of hydrogen-bond acceptors (Lipinski definition) is 6. The average molecular weight is 471 g/mol. The van der Waals surface area contributed by atoms with Crippen LogP contribution in [0.15, 0.2) is 53.8 Å². The smallest absolute Gasteiger partial charge is 0.475 e. The number of aromatic nitrogens is 3. The molecule has 13 heteroatoms. The van der Waals surface area contributed by atoms with Crippen LogP contribution in [0.5, 0.6) is 0 Å². The summed E-state index contributed by atoms with van der Waals surface area (Å²) in [5.74, 6) is -2.22. The standard InChI is InChI=1S/C17H19N5O2S.C2HF3O2/c23-25(24,17-12-19-16-2-1-9-20-22(16)17)21-15-5-3-13(4-6-15)14-7-10-18-11-8-14;3-2(4,5)1(6)7/h1-6,9,12,14,18,21H,7-8,10-11H2;(H,6,7). The van der Waals surface area contributed by atoms with Crippen LogP contribution in [0.1, 0.15) is 24.3 Å². The number of piperidine rings is 1. The highest BCUT2D eigenvalue weighted by Gasteiger charge is 2.38. The van der Waals surface area contributed by atoms with Crippen molar-refractivity contribution in [3.63, 3.8) is 0 Å². The van der Waals surface area contributed by atoms with Crippen LogP contribution in [-0.4, -0.2) is 53.4 Å². The number of imidazole rings is 1. The summed E-state index contributed by atoms with van der Waals surface area (Å²) in [5.41, 5.74) is 2.27. The first-order valence-electron chi connectivity index (χ1n) is 9.50. The number of carboxylic acid groups (broad SMARTS) is 1. The van der Waals surface area contributed by atoms with Crippen molar-refractivity contribution >= 4 is 27.3 Å². The summed E-state index contributed by atoms with van der Waals surface area (Å²) in [6, 6.07) is 11.0. The van der Waals surface area contributed by atoms with Gasteiger partial charge in [-0.05, 0) is 61.7 Å². The number of anilines is 1. The quantitative estimate of drug-likeness (QED) is 0.534. The van der Waals surface area contributed by atoms with Crippen LogP contribution in [0.2, 0.25) is 0 Å². The van der Waals surface area contributed by atoms with E-state index in [4.69, 9.17) is 9.90 Å². The second kappa shape index (κ2) is 9.53. The topological polar surface area (TPSA) is 126 Å². The first-order valence-corrected chi connectivity index (χ1v) is 11.0. The summed E-state index contributed by atoms with van der Waals surface area (Å²) in [6.45, 7) is 2.06. The van der Waals surface area contributed by atoms with Crippen molar-refractivity contribution in [3.8, 4) is 0 Å². The molecule has 0 bridgehead atoms. The van der Waals surface area contributed by atoms with Crippen LogP contribution in [0.4, 0.5) is 18.9 Å². The molecule has 0 radical (unpaired) electrons. The van der Waals surface area contributed by atoms with Gasteiger partial charge in [0.1, 0.15) is 0 Å². The van der Waals surface area contributed by atoms with Crippen molar-refractivity contribution in [2.75, 3.05) is 17.8 Å². The van der Waals surface area contributed by atoms with Gasteiger partial charge in [-0.1, -0.05) is 12.1 Å². The molecule has 172 valence electrons. The van der Waals surface area contributed by atoms with Gasteiger partial charge in [0.15, 0.2) is 10.7 Å². The van der Waals surface area contributed by atoms with E-state index in [9.17, 15) is 21.6 Å². The van der Waals surface area contributed by atoms with Gasteiger partial charge in [0, 0.05) is 11.9 Å². The van der Waals surface area contributed by atoms with Crippen LogP contribution in [0.25, 0.3) is 5.65 Å². The molecule has 0 aliphatic carbocycles. The SMILES string of the molecule is O=C(O)C(F)(F)F.O=S(=O)(Nc1ccc(C2CCNCC2)cc1)c1cnc2cccnn12. The van der Waals surface area contributed by atoms with Gasteiger partial charge in [0.2, 0.25) is 0 Å². The number of carbonyl (C=O) groups is 1. The van der Waals surface area contributed by atoms with E-state index in [-0.39, 0.29) is 5.03 Å². The molecule has 0 amide bonds. The number of hydrogen-bond donors (Lipinski definition) is 3. The van der Waals surface area contributed by atoms with Crippen LogP contribution in [0, 0.1) is 0 Å². The minimum Gasteiger partial charge on any atom is -0.475 e. The summed E-state index contributed by atoms with van der Waals surface area (Å²) in [4.78, 5) is 13.0. The van der Waals surface area contributed by atoms with Crippen LogP contribution < -0.4 is 10.0 Å². The molecule has 9 nitrogen and oxygen atoms in total. The highest BCUT2D eigenvalue weighted by atomic mass is 32.2. The molecule has 1 aliphatic heterocycles. The molecule has 1 aliphatic rings. The third-order valence-corrected chi connectivity index (χ3v) is 6.07. The van der Waals surface area contributed by atoms with Gasteiger partial charge >= 0.3 is 12.1 Å². The summed E-state index contributed by atoms with van der Waals surface area (Å²) < 4.78 is 60.9. The van der Waals surface area contributed by atoms with Crippen LogP contribution in [-0.2, 0) is 14.8 Å². The Morgan fingerprint density at radius 2 is 1.78 bits per heavy atom. The Kier molecular flexibility index (Phi) is 6.99. The van der Waals surface area contributed by atoms with Crippen molar-refractivity contribution in [3.05, 3.63) is 54.4 Å². The monoisotopic (exact) mass is 471 g/mol. The van der Waals surface area contributed by atoms with Crippen LogP contribution >= 0.6 is 0 Å². The van der Waals surface area contributed by atoms with Crippen LogP contribution in [0.3, 0.4) is 0 Å². The van der Waals surface area contributed by atoms with Gasteiger partial charge in [-0.25, -0.2) is 14.3 Å². The minimum atomic E-state index is -5.08. The molecular formula is C19H20F3N5O4S. The largest absolute Gasteiger partial charge is 0.490 e. The maximum absolute atomic E-state index is 12.6. The fourth-order valence-corrected chi connectivity index (χ4v) is 4.29. The molecule has 32 heavy (non-hydrogen) atoms. The fourth-order valence-electron chi connectivity index (χ4n) is 3.18. The van der Waals surface area contributed by atoms with Gasteiger partial charge < -0.3 is 10.4 Å². The van der Waals surface area contributed by atoms with Gasteiger partial charge in [0.05, 0.1) is 6.20 Å². The summed E-state index contributed by atoms with van der Waals surface area (Å²) >= 11 is 0. The molecule has 2 aromatic heterocycles. The lowest BCUT2D eigenvalue weighted by atomic mass is 9.90. The highest BCUT2D eigenvalue weighted by molar-refractivity contribution is 7.92. The average Bonchev–Trinajstić information content (AvgIpc) is 3.20. The van der Waals surface area contributed by atoms with Crippen molar-refractivity contribution in [2.45, 2.75) is 30.0 Å². The van der Waals surface area contributed by atoms with Gasteiger partial charge in [0.25, 0.3) is 10.0 Å². The maximum Gasteiger partial charge on any atom is 0.490 e. The van der Waals surface area contributed by atoms with E-state index in [2.05, 4.69) is 20.1 Å². The lowest BCUT2D eigenvalue weighted by Gasteiger charge is -2.23. The predicted molar refractivity (Wildman–Crippen MR) is 109 cm³/mol. The zero-order valence-electron chi connectivity index (χ0n) is 16.6. The van der Waals surface area contributed by atoms with E-state index in [0.717, 1.165) is 25.9 Å². The Hall–Kier alpha value is -3.19. The lowest BCUT2D eigenvalue weighted by molar-refractivity contribution is -0.192. The molecule has 4 rings (SSSR count). The summed E-state index contributed by atoms with van der Waals surface area (Å²) in [7, 11) is -3.76. The van der Waals surface area contributed by atoms with E-state index in [1.807, 2.05) is 24.3 Å². The van der Waals surface area contributed by atoms with Gasteiger partial charge in [-0.3, -0.25) is 4.72 Å². The summed E-state index contributed by atoms with van der Waals surface area (Å²) in [6.07, 6.45) is -0.0211. The summed E-state index contributed by atoms with van der Waals surface area (Å²) in [5, 5.41) is 14.5. The van der Waals surface area contributed by atoms with Crippen molar-refractivity contribution in [1.29, 1.82) is 0 Å². The number of halogens is 3. The molecule has 1 aromatic carbocycles. The van der Waals surface area contributed by atoms with E-state index >= 15 is 0 Å². The Balaban J connectivity index is 0.000000360. The minimum absolute atomic E-state index is 0.0190. The Bertz CT molecular complexity index is 1170. The predicted octanol–water partition coefficient (Wildman–Crippen LogP) is 2.63. The van der Waals surface area contributed by atoms with Crippen molar-refractivity contribution in [1.82, 2.24) is 19.9 Å². The van der Waals surface area contributed by atoms with E-state index in [1.165, 1.54) is 22.5 Å². The zero-order chi connectivity index (χ0) is 23.4. The third kappa shape index (κ3) is 5.73. The molecule has 0 unspecified atom stereocenters. The number of nitrogens with one attached hydrogen (secondary N) is 2. The Labute approximate surface area is 181 Å². The molecule has 1 saturated heterocycles. The molecule has 0 saturated carbocycles. The zero-order valence-corrected chi connectivity index (χ0v) is 17.4. The van der Waals surface area contributed by atoms with Crippen molar-refractivity contribution in [2.24, 2.45) is 0 Å². The maximum atomic E-state index is 12.6. The number of sulfonamides is 1. The van der Waals surface area contributed by atoms with E-state index in [1.54, 1.807) is 12.1 Å². The molecule has 3 N–H and O–H groups in total. The number of benzene rings is 1. The fraction of sp³-hybridized carbons (Fsp3) is 0.316. The number of carboxylic acids is 1. The van der Waals surface area contributed by atoms with E-state index < -0.39 is 22.2 Å². The number of aliphatic carboxylic acids is 1. The number of alkyl halides is 3. The molecule has 0 spiro atoms. The molecule has 3 aromatic rings. The molecule has 1 fully saturated rings. The Morgan fingerprint density at radius 1 is 1.16 bits per heavy atom. The van der Waals surface area contributed by atoms with Crippen molar-refractivity contribution < 1.29 is 31.5 Å². The van der Waals surface area contributed by atoms with E-state index in [0.29, 0.717) is 17.3 Å². The lowest BCUT2D eigenvalue weighted by Crippen LogP contribution is -2.26. The number of rotatable bonds is 4. The van der Waals surface area contributed by atoms with Gasteiger partial charge in [-0.2, -0.15) is 26.7 Å². The first-order chi connectivity index (χ1) is 15.1. The Morgan fingerprint density at radius 3 is 2.38 bits per heavy atom.